The van der Waals surface area contributed by atoms with Crippen molar-refractivity contribution < 1.29 is 26.9 Å². The summed E-state index contributed by atoms with van der Waals surface area (Å²) in [5.41, 5.74) is 1.57. The van der Waals surface area contributed by atoms with E-state index in [-0.39, 0.29) is 34.8 Å². The average Bonchev–Trinajstić information content (AvgIpc) is 3.46. The van der Waals surface area contributed by atoms with Gasteiger partial charge in [0.25, 0.3) is 5.91 Å². The van der Waals surface area contributed by atoms with Gasteiger partial charge in [0, 0.05) is 6.04 Å². The van der Waals surface area contributed by atoms with Gasteiger partial charge in [-0.2, -0.15) is 8.42 Å². The van der Waals surface area contributed by atoms with E-state index in [1.54, 1.807) is 26.0 Å². The van der Waals surface area contributed by atoms with Crippen LogP contribution in [0.1, 0.15) is 34.3 Å². The summed E-state index contributed by atoms with van der Waals surface area (Å²) >= 11 is 0. The Kier molecular flexibility index (Phi) is 5.69. The van der Waals surface area contributed by atoms with Crippen LogP contribution in [0.2, 0.25) is 0 Å². The highest BCUT2D eigenvalue weighted by Crippen LogP contribution is 2.23. The molecule has 8 heteroatoms. The second kappa shape index (κ2) is 8.02. The molecule has 0 saturated heterocycles. The normalized spacial score (nSPS) is 13.6. The van der Waals surface area contributed by atoms with Crippen LogP contribution in [-0.4, -0.2) is 32.9 Å². The van der Waals surface area contributed by atoms with Gasteiger partial charge in [-0.15, -0.1) is 0 Å². The monoisotopic (exact) mass is 403 g/mol. The predicted octanol–water partition coefficient (Wildman–Crippen LogP) is 2.51. The number of benzene rings is 2. The Morgan fingerprint density at radius 2 is 1.75 bits per heavy atom. The summed E-state index contributed by atoms with van der Waals surface area (Å²) in [4.78, 5) is 23.6. The van der Waals surface area contributed by atoms with Gasteiger partial charge in [0.15, 0.2) is 6.61 Å². The van der Waals surface area contributed by atoms with Gasteiger partial charge in [-0.05, 0) is 68.1 Å². The summed E-state index contributed by atoms with van der Waals surface area (Å²) in [7, 11) is -4.00. The highest BCUT2D eigenvalue weighted by atomic mass is 32.2. The number of aryl methyl sites for hydroxylation is 2. The Bertz CT molecular complexity index is 994. The first-order valence-corrected chi connectivity index (χ1v) is 10.2. The van der Waals surface area contributed by atoms with E-state index in [2.05, 4.69) is 5.32 Å². The number of hydrogen-bond donors (Lipinski definition) is 1. The van der Waals surface area contributed by atoms with Crippen molar-refractivity contribution in [3.05, 3.63) is 59.2 Å². The number of esters is 1. The molecule has 1 N–H and O–H groups in total. The Balaban J connectivity index is 1.62. The smallest absolute Gasteiger partial charge is 0.339 e. The molecule has 1 aliphatic carbocycles. The number of rotatable bonds is 7. The maximum absolute atomic E-state index is 12.5. The van der Waals surface area contributed by atoms with E-state index < -0.39 is 16.1 Å². The van der Waals surface area contributed by atoms with Gasteiger partial charge in [0.05, 0.1) is 5.56 Å². The van der Waals surface area contributed by atoms with Crippen LogP contribution in [0.5, 0.6) is 5.75 Å². The second-order valence-corrected chi connectivity index (χ2v) is 8.26. The quantitative estimate of drug-likeness (QED) is 0.563. The highest BCUT2D eigenvalue weighted by Gasteiger charge is 2.24. The van der Waals surface area contributed by atoms with Crippen LogP contribution in [-0.2, 0) is 19.6 Å². The molecule has 0 spiro atoms. The molecule has 1 saturated carbocycles. The molecule has 7 nitrogen and oxygen atoms in total. The minimum atomic E-state index is -4.00. The molecule has 3 rings (SSSR count). The van der Waals surface area contributed by atoms with Crippen LogP contribution in [0.25, 0.3) is 0 Å². The Hall–Kier alpha value is -2.87. The van der Waals surface area contributed by atoms with Crippen molar-refractivity contribution in [3.63, 3.8) is 0 Å². The van der Waals surface area contributed by atoms with Crippen LogP contribution < -0.4 is 9.50 Å². The SMILES string of the molecule is Cc1ccc(C)c(S(=O)(=O)Oc2ccc(C(=O)OCC(=O)NC3CC3)cc2)c1. The largest absolute Gasteiger partial charge is 0.452 e. The van der Waals surface area contributed by atoms with Crippen molar-refractivity contribution >= 4 is 22.0 Å². The number of carbonyl (C=O) groups excluding carboxylic acids is 2. The van der Waals surface area contributed by atoms with Crippen molar-refractivity contribution in [1.29, 1.82) is 0 Å². The first-order chi connectivity index (χ1) is 13.2. The molecule has 0 heterocycles. The number of carbonyl (C=O) groups is 2. The molecule has 148 valence electrons. The molecular formula is C20H21NO6S. The number of ether oxygens (including phenoxy) is 1. The highest BCUT2D eigenvalue weighted by molar-refractivity contribution is 7.87. The van der Waals surface area contributed by atoms with Crippen molar-refractivity contribution in [3.8, 4) is 5.75 Å². The molecule has 1 amide bonds. The summed E-state index contributed by atoms with van der Waals surface area (Å²) in [5, 5.41) is 2.72. The number of amides is 1. The molecule has 0 radical (unpaired) electrons. The molecule has 0 bridgehead atoms. The lowest BCUT2D eigenvalue weighted by atomic mass is 10.2. The van der Waals surface area contributed by atoms with E-state index >= 15 is 0 Å². The lowest BCUT2D eigenvalue weighted by Gasteiger charge is -2.10. The van der Waals surface area contributed by atoms with Crippen molar-refractivity contribution in [2.24, 2.45) is 0 Å². The summed E-state index contributed by atoms with van der Waals surface area (Å²) in [5.74, 6) is -0.936. The molecular weight excluding hydrogens is 382 g/mol. The number of nitrogens with one attached hydrogen (secondary N) is 1. The molecule has 2 aromatic carbocycles. The van der Waals surface area contributed by atoms with Crippen molar-refractivity contribution in [2.75, 3.05) is 6.61 Å². The van der Waals surface area contributed by atoms with Gasteiger partial charge >= 0.3 is 16.1 Å². The first kappa shape index (κ1) is 19.9. The van der Waals surface area contributed by atoms with Gasteiger partial charge in [-0.25, -0.2) is 4.79 Å². The van der Waals surface area contributed by atoms with E-state index in [0.29, 0.717) is 5.56 Å². The zero-order valence-corrected chi connectivity index (χ0v) is 16.4. The fourth-order valence-corrected chi connectivity index (χ4v) is 3.75. The fourth-order valence-electron chi connectivity index (χ4n) is 2.51. The maximum Gasteiger partial charge on any atom is 0.339 e. The fraction of sp³-hybridized carbons (Fsp3) is 0.300. The molecule has 0 aromatic heterocycles. The van der Waals surface area contributed by atoms with Gasteiger partial charge in [0.2, 0.25) is 0 Å². The van der Waals surface area contributed by atoms with Gasteiger partial charge < -0.3 is 14.2 Å². The maximum atomic E-state index is 12.5. The van der Waals surface area contributed by atoms with Crippen LogP contribution in [0, 0.1) is 13.8 Å². The van der Waals surface area contributed by atoms with Crippen LogP contribution in [0.15, 0.2) is 47.4 Å². The van der Waals surface area contributed by atoms with Gasteiger partial charge in [-0.1, -0.05) is 12.1 Å². The van der Waals surface area contributed by atoms with E-state index in [4.69, 9.17) is 8.92 Å². The van der Waals surface area contributed by atoms with Crippen molar-refractivity contribution in [1.82, 2.24) is 5.32 Å². The molecule has 28 heavy (non-hydrogen) atoms. The Labute approximate surface area is 163 Å². The third-order valence-corrected chi connectivity index (χ3v) is 5.58. The summed E-state index contributed by atoms with van der Waals surface area (Å²) < 4.78 is 35.1. The van der Waals surface area contributed by atoms with E-state index in [1.165, 1.54) is 24.3 Å². The molecule has 2 aromatic rings. The lowest BCUT2D eigenvalue weighted by Crippen LogP contribution is -2.30. The third kappa shape index (κ3) is 5.10. The molecule has 0 aliphatic heterocycles. The topological polar surface area (TPSA) is 98.8 Å². The lowest BCUT2D eigenvalue weighted by molar-refractivity contribution is -0.124. The van der Waals surface area contributed by atoms with Crippen LogP contribution in [0.4, 0.5) is 0 Å². The molecule has 1 aliphatic rings. The standard InChI is InChI=1S/C20H21NO6S/c1-13-3-4-14(2)18(11-13)28(24,25)27-17-9-5-15(6-10-17)20(23)26-12-19(22)21-16-7-8-16/h3-6,9-11,16H,7-8,12H2,1-2H3,(H,21,22). The molecule has 0 unspecified atom stereocenters. The summed E-state index contributed by atoms with van der Waals surface area (Å²) in [6.45, 7) is 3.13. The van der Waals surface area contributed by atoms with E-state index in [1.807, 2.05) is 6.07 Å². The molecule has 1 fully saturated rings. The third-order valence-electron chi connectivity index (χ3n) is 4.19. The van der Waals surface area contributed by atoms with Crippen molar-refractivity contribution in [2.45, 2.75) is 37.6 Å². The zero-order valence-electron chi connectivity index (χ0n) is 15.6. The zero-order chi connectivity index (χ0) is 20.3. The van der Waals surface area contributed by atoms with Gasteiger partial charge in [0.1, 0.15) is 10.6 Å². The Morgan fingerprint density at radius 3 is 2.39 bits per heavy atom. The summed E-state index contributed by atoms with van der Waals surface area (Å²) in [6, 6.07) is 10.8. The predicted molar refractivity (Wildman–Crippen MR) is 102 cm³/mol. The minimum Gasteiger partial charge on any atom is -0.452 e. The molecule has 0 atom stereocenters. The average molecular weight is 403 g/mol. The van der Waals surface area contributed by atoms with E-state index in [0.717, 1.165) is 18.4 Å². The van der Waals surface area contributed by atoms with Crippen LogP contribution in [0.3, 0.4) is 0 Å². The van der Waals surface area contributed by atoms with E-state index in [9.17, 15) is 18.0 Å². The summed E-state index contributed by atoms with van der Waals surface area (Å²) in [6.07, 6.45) is 1.90. The van der Waals surface area contributed by atoms with Crippen LogP contribution >= 0.6 is 0 Å². The first-order valence-electron chi connectivity index (χ1n) is 8.83. The second-order valence-electron chi connectivity index (χ2n) is 6.75. The van der Waals surface area contributed by atoms with Gasteiger partial charge in [-0.3, -0.25) is 4.79 Å². The minimum absolute atomic E-state index is 0.0731. The number of hydrogen-bond acceptors (Lipinski definition) is 6. The Morgan fingerprint density at radius 1 is 1.07 bits per heavy atom.